The summed E-state index contributed by atoms with van der Waals surface area (Å²) < 4.78 is 13.2. The first-order chi connectivity index (χ1) is 29.2. The Hall–Kier alpha value is -7.76. The molecular weight excluding hydrogens is 719 g/mol. The highest BCUT2D eigenvalue weighted by atomic mass is 16.5. The van der Waals surface area contributed by atoms with Crippen LogP contribution < -0.4 is 35.7 Å². The normalized spacial score (nSPS) is 12.2. The minimum atomic E-state index is -0.0773. The molecule has 0 fully saturated rings. The van der Waals surface area contributed by atoms with E-state index in [-0.39, 0.29) is 6.71 Å². The second-order valence-electron chi connectivity index (χ2n) is 14.6. The lowest BCUT2D eigenvalue weighted by molar-refractivity contribution is 0.464. The lowest BCUT2D eigenvalue weighted by Crippen LogP contribution is -2.57. The zero-order valence-electron chi connectivity index (χ0n) is 32.4. The Labute approximate surface area is 346 Å². The molecule has 8 aromatic rings. The Morgan fingerprint density at radius 3 is 1.32 bits per heavy atom. The summed E-state index contributed by atoms with van der Waals surface area (Å²) in [7, 11) is 0. The Morgan fingerprint density at radius 1 is 0.424 bits per heavy atom. The number of hydrogen-bond acceptors (Lipinski definition) is 4. The van der Waals surface area contributed by atoms with Gasteiger partial charge in [0.15, 0.2) is 0 Å². The van der Waals surface area contributed by atoms with Crippen LogP contribution in [0.25, 0.3) is 22.3 Å². The van der Waals surface area contributed by atoms with E-state index in [1.165, 1.54) is 0 Å². The minimum absolute atomic E-state index is 0.0773. The summed E-state index contributed by atoms with van der Waals surface area (Å²) >= 11 is 0. The molecule has 5 heteroatoms. The first kappa shape index (κ1) is 35.6. The number of hydrogen-bond donors (Lipinski definition) is 0. The van der Waals surface area contributed by atoms with Crippen LogP contribution in [-0.4, -0.2) is 6.71 Å². The number of fused-ring (bicyclic) bond motifs is 4. The van der Waals surface area contributed by atoms with E-state index in [0.717, 1.165) is 95.8 Å². The molecule has 0 radical (unpaired) electrons. The van der Waals surface area contributed by atoms with Crippen molar-refractivity contribution in [1.29, 1.82) is 0 Å². The molecule has 0 aromatic heterocycles. The molecule has 2 aliphatic rings. The summed E-state index contributed by atoms with van der Waals surface area (Å²) in [5.74, 6) is 3.36. The van der Waals surface area contributed by atoms with E-state index in [9.17, 15) is 0 Å². The maximum Gasteiger partial charge on any atom is 0.260 e. The molecule has 0 N–H and O–H groups in total. The molecule has 10 rings (SSSR count). The number of ether oxygens (including phenoxy) is 2. The number of anilines is 5. The van der Waals surface area contributed by atoms with Gasteiger partial charge in [0.05, 0.1) is 0 Å². The molecule has 2 aliphatic heterocycles. The van der Waals surface area contributed by atoms with E-state index < -0.39 is 0 Å². The number of nitrogens with zero attached hydrogens (tertiary/aromatic N) is 2. The third-order valence-corrected chi connectivity index (χ3v) is 11.1. The van der Waals surface area contributed by atoms with Crippen LogP contribution in [0.15, 0.2) is 231 Å². The molecule has 59 heavy (non-hydrogen) atoms. The molecule has 0 amide bonds. The van der Waals surface area contributed by atoms with Crippen LogP contribution in [-0.2, 0) is 0 Å². The molecule has 0 atom stereocenters. The third-order valence-electron chi connectivity index (χ3n) is 11.1. The van der Waals surface area contributed by atoms with Gasteiger partial charge >= 0.3 is 0 Å². The smallest absolute Gasteiger partial charge is 0.260 e. The van der Waals surface area contributed by atoms with Gasteiger partial charge in [-0.25, -0.2) is 0 Å². The van der Waals surface area contributed by atoms with Crippen molar-refractivity contribution in [3.8, 4) is 45.3 Å². The molecule has 0 spiro atoms. The number of rotatable bonds is 10. The van der Waals surface area contributed by atoms with E-state index in [1.54, 1.807) is 6.08 Å². The lowest BCUT2D eigenvalue weighted by atomic mass is 9.34. The van der Waals surface area contributed by atoms with Gasteiger partial charge in [0.1, 0.15) is 23.0 Å². The molecule has 0 saturated carbocycles. The van der Waals surface area contributed by atoms with E-state index in [0.29, 0.717) is 0 Å². The summed E-state index contributed by atoms with van der Waals surface area (Å²) in [4.78, 5) is 4.47. The van der Waals surface area contributed by atoms with Gasteiger partial charge in [-0.1, -0.05) is 128 Å². The van der Waals surface area contributed by atoms with Crippen LogP contribution in [0.2, 0.25) is 0 Å². The van der Waals surface area contributed by atoms with Crippen LogP contribution in [0, 0.1) is 0 Å². The van der Waals surface area contributed by atoms with Crippen LogP contribution in [0.3, 0.4) is 0 Å². The lowest BCUT2D eigenvalue weighted by Gasteiger charge is -2.33. The third kappa shape index (κ3) is 6.59. The van der Waals surface area contributed by atoms with Crippen molar-refractivity contribution in [2.24, 2.45) is 0 Å². The van der Waals surface area contributed by atoms with Gasteiger partial charge in [0, 0.05) is 39.6 Å². The molecule has 280 valence electrons. The summed E-state index contributed by atoms with van der Waals surface area (Å²) in [5.41, 5.74) is 14.1. The fourth-order valence-electron chi connectivity index (χ4n) is 8.38. The van der Waals surface area contributed by atoms with Gasteiger partial charge in [-0.15, -0.1) is 0 Å². The van der Waals surface area contributed by atoms with Crippen molar-refractivity contribution in [3.63, 3.8) is 0 Å². The van der Waals surface area contributed by atoms with Gasteiger partial charge < -0.3 is 19.3 Å². The monoisotopic (exact) mass is 758 g/mol. The SMILES string of the molecule is C=C/C=C(\C=C)N(c1ccccc1)c1ccc(-c2ccc3c(c2)B2c4cc(-c5ccc(N(c6ccccc6)c6ccccc6)cc5)ccc4Oc4cccc(c42)O3)cc1. The first-order valence-corrected chi connectivity index (χ1v) is 19.8. The van der Waals surface area contributed by atoms with Gasteiger partial charge in [-0.3, -0.25) is 0 Å². The van der Waals surface area contributed by atoms with Gasteiger partial charge in [-0.2, -0.15) is 0 Å². The number of para-hydroxylation sites is 3. The van der Waals surface area contributed by atoms with E-state index in [1.807, 2.05) is 48.6 Å². The van der Waals surface area contributed by atoms with Gasteiger partial charge in [0.25, 0.3) is 6.71 Å². The Morgan fingerprint density at radius 2 is 0.847 bits per heavy atom. The van der Waals surface area contributed by atoms with Crippen LogP contribution in [0.1, 0.15) is 0 Å². The second kappa shape index (κ2) is 15.3. The van der Waals surface area contributed by atoms with Gasteiger partial charge in [0.2, 0.25) is 0 Å². The highest BCUT2D eigenvalue weighted by Gasteiger charge is 2.40. The molecule has 0 unspecified atom stereocenters. The molecular formula is C54H39BN2O2. The Kier molecular flexibility index (Phi) is 9.24. The standard InChI is InChI=1S/C54H39BN2O2/c1-3-15-42(4-2)56(43-16-8-5-9-17-43)46-30-24-38(25-31-46)40-28-34-50-48(36-40)55-49-37-41(29-35-51(49)59-53-23-14-22-52(58-50)54(53)55)39-26-32-47(33-27-39)57(44-18-10-6-11-19-44)45-20-12-7-13-21-45/h3-37H,1-2H2/b42-15+. The molecule has 2 heterocycles. The Bertz CT molecular complexity index is 2800. The number of allylic oxidation sites excluding steroid dienone is 3. The predicted molar refractivity (Wildman–Crippen MR) is 247 cm³/mol. The summed E-state index contributed by atoms with van der Waals surface area (Å²) in [5, 5.41) is 0. The quantitative estimate of drug-likeness (QED) is 0.102. The maximum absolute atomic E-state index is 6.60. The van der Waals surface area contributed by atoms with Crippen LogP contribution >= 0.6 is 0 Å². The predicted octanol–water partition coefficient (Wildman–Crippen LogP) is 12.6. The minimum Gasteiger partial charge on any atom is -0.458 e. The van der Waals surface area contributed by atoms with Crippen molar-refractivity contribution in [2.45, 2.75) is 0 Å². The zero-order valence-corrected chi connectivity index (χ0v) is 32.4. The van der Waals surface area contributed by atoms with Crippen molar-refractivity contribution >= 4 is 51.5 Å². The summed E-state index contributed by atoms with van der Waals surface area (Å²) in [6.45, 7) is 7.95. The van der Waals surface area contributed by atoms with E-state index in [2.05, 4.69) is 181 Å². The van der Waals surface area contributed by atoms with Crippen LogP contribution in [0.5, 0.6) is 23.0 Å². The molecule has 0 bridgehead atoms. The van der Waals surface area contributed by atoms with Crippen molar-refractivity contribution in [3.05, 3.63) is 231 Å². The fourth-order valence-corrected chi connectivity index (χ4v) is 8.38. The zero-order chi connectivity index (χ0) is 39.7. The van der Waals surface area contributed by atoms with Gasteiger partial charge in [-0.05, 0) is 130 Å². The first-order valence-electron chi connectivity index (χ1n) is 19.8. The van der Waals surface area contributed by atoms with Crippen molar-refractivity contribution < 1.29 is 9.47 Å². The molecule has 4 nitrogen and oxygen atoms in total. The van der Waals surface area contributed by atoms with Crippen molar-refractivity contribution in [2.75, 3.05) is 9.80 Å². The topological polar surface area (TPSA) is 24.9 Å². The summed E-state index contributed by atoms with van der Waals surface area (Å²) in [6, 6.07) is 68.0. The molecule has 0 saturated heterocycles. The van der Waals surface area contributed by atoms with E-state index in [4.69, 9.17) is 9.47 Å². The number of benzene rings is 8. The highest BCUT2D eigenvalue weighted by molar-refractivity contribution is 6.98. The van der Waals surface area contributed by atoms with Crippen molar-refractivity contribution in [1.82, 2.24) is 0 Å². The fraction of sp³-hybridized carbons (Fsp3) is 0. The summed E-state index contributed by atoms with van der Waals surface area (Å²) in [6.07, 6.45) is 5.62. The highest BCUT2D eigenvalue weighted by Crippen LogP contribution is 2.39. The maximum atomic E-state index is 6.60. The largest absolute Gasteiger partial charge is 0.458 e. The Balaban J connectivity index is 1.02. The second-order valence-corrected chi connectivity index (χ2v) is 14.6. The molecule has 0 aliphatic carbocycles. The van der Waals surface area contributed by atoms with E-state index >= 15 is 0 Å². The average Bonchev–Trinajstić information content (AvgIpc) is 3.30. The molecule has 8 aromatic carbocycles. The average molecular weight is 759 g/mol. The van der Waals surface area contributed by atoms with Crippen LogP contribution in [0.4, 0.5) is 28.4 Å².